The van der Waals surface area contributed by atoms with Crippen LogP contribution < -0.4 is 4.90 Å². The molecule has 0 aliphatic heterocycles. The van der Waals surface area contributed by atoms with Crippen LogP contribution in [0.25, 0.3) is 16.9 Å². The molecule has 116 valence electrons. The van der Waals surface area contributed by atoms with Gasteiger partial charge in [-0.25, -0.2) is 4.68 Å². The van der Waals surface area contributed by atoms with Gasteiger partial charge in [-0.05, 0) is 18.2 Å². The lowest BCUT2D eigenvalue weighted by Gasteiger charge is -2.13. The minimum atomic E-state index is -0.422. The Bertz CT molecular complexity index is 857. The molecule has 3 aromatic rings. The molecule has 23 heavy (non-hydrogen) atoms. The molecule has 0 unspecified atom stereocenters. The Morgan fingerprint density at radius 3 is 2.65 bits per heavy atom. The van der Waals surface area contributed by atoms with Crippen LogP contribution in [0.3, 0.4) is 0 Å². The maximum atomic E-state index is 10.9. The zero-order valence-electron chi connectivity index (χ0n) is 12.7. The monoisotopic (exact) mass is 309 g/mol. The third kappa shape index (κ3) is 3.03. The smallest absolute Gasteiger partial charge is 0.270 e. The van der Waals surface area contributed by atoms with Crippen LogP contribution in [-0.2, 0) is 0 Å². The Labute approximate surface area is 132 Å². The lowest BCUT2D eigenvalue weighted by atomic mass is 10.1. The minimum absolute atomic E-state index is 0.0339. The highest BCUT2D eigenvalue weighted by molar-refractivity contribution is 5.62. The first kappa shape index (κ1) is 14.7. The molecule has 0 radical (unpaired) electrons. The summed E-state index contributed by atoms with van der Waals surface area (Å²) in [5.41, 5.74) is 3.21. The Hall–Kier alpha value is -3.22. The third-order valence-corrected chi connectivity index (χ3v) is 3.46. The zero-order valence-corrected chi connectivity index (χ0v) is 12.7. The molecule has 0 N–H and O–H groups in total. The number of nitrogens with zero attached hydrogens (tertiary/aromatic N) is 5. The number of non-ortho nitro benzene ring substituents is 1. The number of anilines is 1. The molecule has 7 nitrogen and oxygen atoms in total. The van der Waals surface area contributed by atoms with Gasteiger partial charge in [-0.3, -0.25) is 10.1 Å². The number of nitro groups is 1. The van der Waals surface area contributed by atoms with E-state index < -0.39 is 4.92 Å². The summed E-state index contributed by atoms with van der Waals surface area (Å²) in [6, 6.07) is 14.2. The van der Waals surface area contributed by atoms with Crippen LogP contribution in [0.5, 0.6) is 0 Å². The van der Waals surface area contributed by atoms with Crippen molar-refractivity contribution in [2.75, 3.05) is 19.0 Å². The van der Waals surface area contributed by atoms with Crippen LogP contribution in [-0.4, -0.2) is 34.0 Å². The van der Waals surface area contributed by atoms with E-state index in [1.807, 2.05) is 43.3 Å². The number of rotatable bonds is 4. The van der Waals surface area contributed by atoms with Crippen LogP contribution in [0.15, 0.2) is 54.7 Å². The van der Waals surface area contributed by atoms with Crippen molar-refractivity contribution in [1.29, 1.82) is 0 Å². The molecule has 0 saturated heterocycles. The first-order valence-corrected chi connectivity index (χ1v) is 6.99. The van der Waals surface area contributed by atoms with Gasteiger partial charge in [0.15, 0.2) is 0 Å². The van der Waals surface area contributed by atoms with E-state index in [-0.39, 0.29) is 5.69 Å². The molecular weight excluding hydrogens is 294 g/mol. The van der Waals surface area contributed by atoms with E-state index in [1.54, 1.807) is 23.0 Å². The molecule has 1 heterocycles. The van der Waals surface area contributed by atoms with E-state index in [1.165, 1.54) is 12.1 Å². The van der Waals surface area contributed by atoms with Gasteiger partial charge < -0.3 is 4.90 Å². The van der Waals surface area contributed by atoms with Gasteiger partial charge in [0.2, 0.25) is 0 Å². The van der Waals surface area contributed by atoms with E-state index in [9.17, 15) is 10.1 Å². The van der Waals surface area contributed by atoms with Crippen LogP contribution in [0.2, 0.25) is 0 Å². The van der Waals surface area contributed by atoms with Crippen molar-refractivity contribution < 1.29 is 4.92 Å². The normalized spacial score (nSPS) is 10.5. The fourth-order valence-electron chi connectivity index (χ4n) is 2.21. The number of aromatic nitrogens is 3. The van der Waals surface area contributed by atoms with E-state index in [4.69, 9.17) is 0 Å². The molecule has 0 aliphatic carbocycles. The molecule has 0 aliphatic rings. The van der Waals surface area contributed by atoms with Gasteiger partial charge >= 0.3 is 0 Å². The summed E-state index contributed by atoms with van der Waals surface area (Å²) < 4.78 is 1.65. The molecule has 2 aromatic carbocycles. The lowest BCUT2D eigenvalue weighted by molar-refractivity contribution is -0.384. The summed E-state index contributed by atoms with van der Waals surface area (Å²) in [5, 5.41) is 19.1. The molecule has 3 rings (SSSR count). The predicted molar refractivity (Wildman–Crippen MR) is 87.8 cm³/mol. The van der Waals surface area contributed by atoms with E-state index >= 15 is 0 Å². The van der Waals surface area contributed by atoms with Crippen molar-refractivity contribution in [2.45, 2.75) is 0 Å². The van der Waals surface area contributed by atoms with Crippen molar-refractivity contribution in [1.82, 2.24) is 15.0 Å². The van der Waals surface area contributed by atoms with Gasteiger partial charge in [-0.15, -0.1) is 5.10 Å². The fraction of sp³-hybridized carbons (Fsp3) is 0.125. The van der Waals surface area contributed by atoms with Crippen molar-refractivity contribution in [3.05, 3.63) is 64.8 Å². The second-order valence-electron chi connectivity index (χ2n) is 5.27. The van der Waals surface area contributed by atoms with Crippen molar-refractivity contribution in [3.63, 3.8) is 0 Å². The highest BCUT2D eigenvalue weighted by atomic mass is 16.6. The minimum Gasteiger partial charge on any atom is -0.378 e. The van der Waals surface area contributed by atoms with Crippen molar-refractivity contribution in [3.8, 4) is 16.9 Å². The molecule has 0 saturated carbocycles. The average molecular weight is 309 g/mol. The average Bonchev–Trinajstić information content (AvgIpc) is 3.05. The number of nitro benzene ring substituents is 1. The number of hydrogen-bond acceptors (Lipinski definition) is 5. The zero-order chi connectivity index (χ0) is 16.4. The van der Waals surface area contributed by atoms with Gasteiger partial charge in [0.1, 0.15) is 5.69 Å². The SMILES string of the molecule is CN(C)c1cccc(-n2cc(-c3cccc([N+](=O)[O-])c3)nn2)c1. The molecule has 0 atom stereocenters. The summed E-state index contributed by atoms with van der Waals surface area (Å²) in [7, 11) is 3.93. The largest absolute Gasteiger partial charge is 0.378 e. The molecule has 7 heteroatoms. The Balaban J connectivity index is 1.96. The van der Waals surface area contributed by atoms with Gasteiger partial charge in [0.25, 0.3) is 5.69 Å². The topological polar surface area (TPSA) is 77.1 Å². The van der Waals surface area contributed by atoms with Crippen molar-refractivity contribution >= 4 is 11.4 Å². The summed E-state index contributed by atoms with van der Waals surface area (Å²) in [5.74, 6) is 0. The highest BCUT2D eigenvalue weighted by Crippen LogP contribution is 2.23. The van der Waals surface area contributed by atoms with E-state index in [0.717, 1.165) is 11.4 Å². The lowest BCUT2D eigenvalue weighted by Crippen LogP contribution is -2.09. The highest BCUT2D eigenvalue weighted by Gasteiger charge is 2.10. The summed E-state index contributed by atoms with van der Waals surface area (Å²) in [6.07, 6.45) is 1.76. The number of hydrogen-bond donors (Lipinski definition) is 0. The van der Waals surface area contributed by atoms with Crippen LogP contribution in [0.1, 0.15) is 0 Å². The van der Waals surface area contributed by atoms with Gasteiger partial charge in [-0.1, -0.05) is 23.4 Å². The first-order valence-electron chi connectivity index (χ1n) is 6.99. The quantitative estimate of drug-likeness (QED) is 0.547. The van der Waals surface area contributed by atoms with E-state index in [2.05, 4.69) is 10.3 Å². The van der Waals surface area contributed by atoms with Crippen LogP contribution in [0.4, 0.5) is 11.4 Å². The molecule has 1 aromatic heterocycles. The molecule has 0 fully saturated rings. The maximum Gasteiger partial charge on any atom is 0.270 e. The van der Waals surface area contributed by atoms with Crippen molar-refractivity contribution in [2.24, 2.45) is 0 Å². The van der Waals surface area contributed by atoms with Crippen LogP contribution in [0, 0.1) is 10.1 Å². The standard InChI is InChI=1S/C16H15N5O2/c1-19(2)13-6-4-7-14(10-13)20-11-16(17-18-20)12-5-3-8-15(9-12)21(22)23/h3-11H,1-2H3. The van der Waals surface area contributed by atoms with Crippen LogP contribution >= 0.6 is 0 Å². The molecule has 0 bridgehead atoms. The Kier molecular flexibility index (Phi) is 3.76. The second-order valence-corrected chi connectivity index (χ2v) is 5.27. The maximum absolute atomic E-state index is 10.9. The molecular formula is C16H15N5O2. The number of benzene rings is 2. The van der Waals surface area contributed by atoms with Gasteiger partial charge in [0, 0.05) is 37.5 Å². The first-order chi connectivity index (χ1) is 11.0. The Morgan fingerprint density at radius 1 is 1.13 bits per heavy atom. The molecule has 0 amide bonds. The van der Waals surface area contributed by atoms with Gasteiger partial charge in [0.05, 0.1) is 16.8 Å². The predicted octanol–water partition coefficient (Wildman–Crippen LogP) is 2.91. The summed E-state index contributed by atoms with van der Waals surface area (Å²) in [6.45, 7) is 0. The summed E-state index contributed by atoms with van der Waals surface area (Å²) >= 11 is 0. The third-order valence-electron chi connectivity index (χ3n) is 3.46. The molecule has 0 spiro atoms. The van der Waals surface area contributed by atoms with Gasteiger partial charge in [-0.2, -0.15) is 0 Å². The summed E-state index contributed by atoms with van der Waals surface area (Å²) in [4.78, 5) is 12.5. The fourth-order valence-corrected chi connectivity index (χ4v) is 2.21. The second kappa shape index (κ2) is 5.88. The Morgan fingerprint density at radius 2 is 1.91 bits per heavy atom. The van der Waals surface area contributed by atoms with E-state index in [0.29, 0.717) is 11.3 Å².